The summed E-state index contributed by atoms with van der Waals surface area (Å²) in [5.41, 5.74) is 0.972. The molecule has 6 N–H and O–H groups in total. The standard InChI is InChI=1S/C22H35F3N5O9PS/c1-9(2)37-18(33)11(5)28-40(41,29-12(6)19(34)38-10(3)4)36-8-22(20(24)25)15(32)14(31)17(39-22)30-7-13(23)16(26)27-21(30)35/h7,9-12,14-15,17,20,31-32H,8H2,1-6H3,(H2,26,27,35)(H2,28,29,41)/t11-,12-,14+,15-,17+,22+/m0/s1. The molecule has 0 bridgehead atoms. The minimum Gasteiger partial charge on any atom is -0.462 e. The molecule has 19 heteroatoms. The highest BCUT2D eigenvalue weighted by Gasteiger charge is 2.61. The van der Waals surface area contributed by atoms with Gasteiger partial charge in [0.2, 0.25) is 0 Å². The highest BCUT2D eigenvalue weighted by atomic mass is 32.4. The smallest absolute Gasteiger partial charge is 0.351 e. The number of hydrogen-bond acceptors (Lipinski definition) is 12. The zero-order chi connectivity index (χ0) is 31.4. The van der Waals surface area contributed by atoms with Crippen LogP contribution in [0.15, 0.2) is 11.0 Å². The molecule has 6 atom stereocenters. The molecule has 0 radical (unpaired) electrons. The molecule has 0 spiro atoms. The van der Waals surface area contributed by atoms with Gasteiger partial charge in [-0.1, -0.05) is 0 Å². The maximum atomic E-state index is 14.5. The molecule has 1 aliphatic heterocycles. The molecule has 1 fully saturated rings. The third kappa shape index (κ3) is 8.44. The van der Waals surface area contributed by atoms with Gasteiger partial charge in [0, 0.05) is 0 Å². The summed E-state index contributed by atoms with van der Waals surface area (Å²) in [4.78, 5) is 40.3. The molecule has 2 rings (SSSR count). The molecule has 1 saturated heterocycles. The van der Waals surface area contributed by atoms with Crippen molar-refractivity contribution in [1.29, 1.82) is 0 Å². The second-order valence-corrected chi connectivity index (χ2v) is 13.3. The van der Waals surface area contributed by atoms with Crippen LogP contribution in [0.3, 0.4) is 0 Å². The summed E-state index contributed by atoms with van der Waals surface area (Å²) in [7, 11) is 0. The Labute approximate surface area is 238 Å². The van der Waals surface area contributed by atoms with Crippen molar-refractivity contribution in [3.05, 3.63) is 22.5 Å². The Hall–Kier alpha value is -2.18. The SMILES string of the molecule is CC(C)OC(=O)[C@H](C)NP(=S)(N[C@@H](C)C(=O)OC(C)C)OC[C@@]1(C(F)F)O[C@@H](n2cc(F)c(N)nc2=O)[C@H](O)[C@@H]1O. The quantitative estimate of drug-likeness (QED) is 0.147. The van der Waals surface area contributed by atoms with Crippen LogP contribution in [0, 0.1) is 5.82 Å². The lowest BCUT2D eigenvalue weighted by Crippen LogP contribution is -2.53. The molecular formula is C22H35F3N5O9PS. The number of carbonyl (C=O) groups excluding carboxylic acids is 2. The van der Waals surface area contributed by atoms with E-state index in [1.807, 2.05) is 0 Å². The molecule has 0 amide bonds. The molecule has 41 heavy (non-hydrogen) atoms. The molecule has 0 aromatic carbocycles. The molecule has 234 valence electrons. The molecule has 2 heterocycles. The van der Waals surface area contributed by atoms with Gasteiger partial charge in [-0.3, -0.25) is 14.2 Å². The maximum absolute atomic E-state index is 14.5. The van der Waals surface area contributed by atoms with Crippen molar-refractivity contribution in [1.82, 2.24) is 19.7 Å². The van der Waals surface area contributed by atoms with E-state index in [0.29, 0.717) is 10.8 Å². The molecule has 1 aromatic rings. The van der Waals surface area contributed by atoms with Crippen LogP contribution in [0.5, 0.6) is 0 Å². The molecule has 0 unspecified atom stereocenters. The number of halogens is 3. The van der Waals surface area contributed by atoms with Gasteiger partial charge in [0.1, 0.15) is 24.3 Å². The summed E-state index contributed by atoms with van der Waals surface area (Å²) in [5.74, 6) is -3.54. The average molecular weight is 634 g/mol. The average Bonchev–Trinajstić information content (AvgIpc) is 3.10. The lowest BCUT2D eigenvalue weighted by molar-refractivity contribution is -0.191. The van der Waals surface area contributed by atoms with Crippen LogP contribution in [-0.2, 0) is 40.1 Å². The zero-order valence-corrected chi connectivity index (χ0v) is 24.8. The third-order valence-corrected chi connectivity index (χ3v) is 8.54. The number of rotatable bonds is 13. The Morgan fingerprint density at radius 2 is 1.63 bits per heavy atom. The van der Waals surface area contributed by atoms with Gasteiger partial charge in [-0.05, 0) is 53.3 Å². The van der Waals surface area contributed by atoms with Gasteiger partial charge >= 0.3 is 17.6 Å². The Bertz CT molecular complexity index is 1180. The fraction of sp³-hybridized carbons (Fsp3) is 0.727. The molecule has 1 aromatic heterocycles. The van der Waals surface area contributed by atoms with Gasteiger partial charge in [-0.25, -0.2) is 28.1 Å². The monoisotopic (exact) mass is 633 g/mol. The number of aromatic nitrogens is 2. The van der Waals surface area contributed by atoms with Crippen molar-refractivity contribution in [2.45, 2.75) is 96.3 Å². The van der Waals surface area contributed by atoms with Gasteiger partial charge in [0.25, 0.3) is 6.43 Å². The number of nitrogens with zero attached hydrogens (tertiary/aromatic N) is 2. The van der Waals surface area contributed by atoms with Crippen LogP contribution < -0.4 is 21.6 Å². The summed E-state index contributed by atoms with van der Waals surface area (Å²) in [6.07, 6.45) is -10.7. The lowest BCUT2D eigenvalue weighted by Gasteiger charge is -2.35. The lowest BCUT2D eigenvalue weighted by atomic mass is 9.96. The minimum atomic E-state index is -3.85. The number of nitrogens with one attached hydrogen (secondary N) is 2. The predicted octanol–water partition coefficient (Wildman–Crippen LogP) is 0.320. The van der Waals surface area contributed by atoms with Gasteiger partial charge in [-0.15, -0.1) is 0 Å². The van der Waals surface area contributed by atoms with E-state index in [-0.39, 0.29) is 0 Å². The van der Waals surface area contributed by atoms with Gasteiger partial charge in [0.15, 0.2) is 30.0 Å². The van der Waals surface area contributed by atoms with E-state index in [4.69, 9.17) is 36.3 Å². The summed E-state index contributed by atoms with van der Waals surface area (Å²) in [5, 5.41) is 26.5. The largest absolute Gasteiger partial charge is 0.462 e. The first-order valence-corrected chi connectivity index (χ1v) is 15.1. The molecule has 14 nitrogen and oxygen atoms in total. The summed E-state index contributed by atoms with van der Waals surface area (Å²) < 4.78 is 64.5. The minimum absolute atomic E-state index is 0.351. The van der Waals surface area contributed by atoms with Gasteiger partial charge in [0.05, 0.1) is 25.0 Å². The number of alkyl halides is 2. The first-order valence-electron chi connectivity index (χ1n) is 12.4. The van der Waals surface area contributed by atoms with E-state index in [1.165, 1.54) is 13.8 Å². The van der Waals surface area contributed by atoms with E-state index >= 15 is 0 Å². The van der Waals surface area contributed by atoms with Crippen molar-refractivity contribution in [3.63, 3.8) is 0 Å². The Morgan fingerprint density at radius 3 is 2.07 bits per heavy atom. The number of aliphatic hydroxyl groups is 2. The number of ether oxygens (including phenoxy) is 3. The topological polar surface area (TPSA) is 196 Å². The van der Waals surface area contributed by atoms with Crippen LogP contribution in [0.4, 0.5) is 19.0 Å². The Balaban J connectivity index is 2.41. The second-order valence-electron chi connectivity index (χ2n) is 9.86. The summed E-state index contributed by atoms with van der Waals surface area (Å²) in [6, 6.07) is -2.33. The van der Waals surface area contributed by atoms with Crippen molar-refractivity contribution in [2.24, 2.45) is 0 Å². The fourth-order valence-corrected chi connectivity index (χ4v) is 6.57. The number of carbonyl (C=O) groups is 2. The Morgan fingerprint density at radius 1 is 1.15 bits per heavy atom. The van der Waals surface area contributed by atoms with Crippen LogP contribution >= 0.6 is 6.57 Å². The van der Waals surface area contributed by atoms with Crippen molar-refractivity contribution >= 4 is 36.1 Å². The van der Waals surface area contributed by atoms with E-state index in [1.54, 1.807) is 27.7 Å². The number of aliphatic hydroxyl groups excluding tert-OH is 2. The number of anilines is 1. The Kier molecular flexibility index (Phi) is 11.8. The maximum Gasteiger partial charge on any atom is 0.351 e. The summed E-state index contributed by atoms with van der Waals surface area (Å²) >= 11 is 5.51. The van der Waals surface area contributed by atoms with Crippen LogP contribution in [0.1, 0.15) is 47.8 Å². The first kappa shape index (κ1) is 35.0. The normalized spacial score (nSPS) is 24.6. The summed E-state index contributed by atoms with van der Waals surface area (Å²) in [6.45, 7) is 4.01. The van der Waals surface area contributed by atoms with Gasteiger partial charge < -0.3 is 34.7 Å². The van der Waals surface area contributed by atoms with E-state index in [9.17, 15) is 37.8 Å². The predicted molar refractivity (Wildman–Crippen MR) is 142 cm³/mol. The molecular weight excluding hydrogens is 598 g/mol. The first-order chi connectivity index (χ1) is 18.8. The van der Waals surface area contributed by atoms with Crippen molar-refractivity contribution < 1.29 is 51.7 Å². The van der Waals surface area contributed by atoms with E-state index < -0.39 is 97.2 Å². The highest BCUT2D eigenvalue weighted by molar-refractivity contribution is 8.10. The van der Waals surface area contributed by atoms with Crippen molar-refractivity contribution in [3.8, 4) is 0 Å². The molecule has 0 aliphatic carbocycles. The number of nitrogens with two attached hydrogens (primary N) is 1. The highest BCUT2D eigenvalue weighted by Crippen LogP contribution is 2.46. The number of hydrogen-bond donors (Lipinski definition) is 5. The third-order valence-electron chi connectivity index (χ3n) is 5.64. The van der Waals surface area contributed by atoms with Crippen molar-refractivity contribution in [2.75, 3.05) is 12.3 Å². The number of nitrogen functional groups attached to an aromatic ring is 1. The van der Waals surface area contributed by atoms with E-state index in [0.717, 1.165) is 0 Å². The van der Waals surface area contributed by atoms with E-state index in [2.05, 4.69) is 15.2 Å². The van der Waals surface area contributed by atoms with Crippen LogP contribution in [0.2, 0.25) is 0 Å². The van der Waals surface area contributed by atoms with Crippen LogP contribution in [-0.4, -0.2) is 86.8 Å². The molecule has 1 aliphatic rings. The molecule has 0 saturated carbocycles. The number of esters is 2. The fourth-order valence-electron chi connectivity index (χ4n) is 3.62. The second kappa shape index (κ2) is 13.9. The van der Waals surface area contributed by atoms with Gasteiger partial charge in [-0.2, -0.15) is 4.98 Å². The zero-order valence-electron chi connectivity index (χ0n) is 23.1. The van der Waals surface area contributed by atoms with Crippen LogP contribution in [0.25, 0.3) is 0 Å².